The van der Waals surface area contributed by atoms with Crippen LogP contribution >= 0.6 is 11.6 Å². The minimum atomic E-state index is -4.64. The lowest BCUT2D eigenvalue weighted by atomic mass is 10.2. The number of anilines is 2. The molecule has 0 fully saturated rings. The van der Waals surface area contributed by atoms with Crippen LogP contribution in [0.3, 0.4) is 0 Å². The van der Waals surface area contributed by atoms with Crippen molar-refractivity contribution in [2.45, 2.75) is 6.18 Å². The molecule has 2 N–H and O–H groups in total. The SMILES string of the molecule is COc1cnc2ccc(Oc3cccc(NC(=O)Nc4ccc(Cl)c(C(F)(F)F)c4)c3)cc2n1. The highest BCUT2D eigenvalue weighted by atomic mass is 35.5. The smallest absolute Gasteiger partial charge is 0.417 e. The van der Waals surface area contributed by atoms with Crippen molar-refractivity contribution in [1.29, 1.82) is 0 Å². The summed E-state index contributed by atoms with van der Waals surface area (Å²) in [5.41, 5.74) is 0.500. The number of carbonyl (C=O) groups excluding carboxylic acids is 1. The Labute approximate surface area is 196 Å². The molecule has 0 unspecified atom stereocenters. The summed E-state index contributed by atoms with van der Waals surface area (Å²) < 4.78 is 50.0. The molecule has 3 aromatic carbocycles. The fraction of sp³-hybridized carbons (Fsp3) is 0.0870. The van der Waals surface area contributed by atoms with Gasteiger partial charge in [0.05, 0.1) is 34.9 Å². The first-order valence-corrected chi connectivity index (χ1v) is 10.1. The quantitative estimate of drug-likeness (QED) is 0.324. The second-order valence-corrected chi connectivity index (χ2v) is 7.37. The van der Waals surface area contributed by atoms with Crippen LogP contribution in [-0.4, -0.2) is 23.1 Å². The molecular formula is C23H16ClF3N4O3. The number of hydrogen-bond acceptors (Lipinski definition) is 5. The van der Waals surface area contributed by atoms with Gasteiger partial charge in [-0.3, -0.25) is 0 Å². The molecule has 1 heterocycles. The van der Waals surface area contributed by atoms with E-state index in [4.69, 9.17) is 21.1 Å². The second kappa shape index (κ2) is 9.44. The van der Waals surface area contributed by atoms with Crippen LogP contribution in [0.2, 0.25) is 5.02 Å². The molecule has 4 rings (SSSR count). The zero-order chi connectivity index (χ0) is 24.3. The number of methoxy groups -OCH3 is 1. The molecule has 0 saturated carbocycles. The van der Waals surface area contributed by atoms with Crippen LogP contribution < -0.4 is 20.1 Å². The second-order valence-electron chi connectivity index (χ2n) is 6.96. The summed E-state index contributed by atoms with van der Waals surface area (Å²) in [6.45, 7) is 0. The normalized spacial score (nSPS) is 11.2. The molecule has 0 spiro atoms. The number of fused-ring (bicyclic) bond motifs is 1. The van der Waals surface area contributed by atoms with Crippen LogP contribution in [0.15, 0.2) is 66.9 Å². The number of hydrogen-bond donors (Lipinski definition) is 2. The Morgan fingerprint density at radius 2 is 1.68 bits per heavy atom. The van der Waals surface area contributed by atoms with Crippen LogP contribution in [-0.2, 0) is 6.18 Å². The molecule has 0 atom stereocenters. The van der Waals surface area contributed by atoms with Gasteiger partial charge in [0.25, 0.3) is 0 Å². The molecule has 174 valence electrons. The summed E-state index contributed by atoms with van der Waals surface area (Å²) >= 11 is 5.60. The van der Waals surface area contributed by atoms with E-state index < -0.39 is 22.8 Å². The molecule has 0 saturated heterocycles. The third-order valence-corrected chi connectivity index (χ3v) is 4.89. The van der Waals surface area contributed by atoms with E-state index in [1.54, 1.807) is 42.5 Å². The van der Waals surface area contributed by atoms with Crippen molar-refractivity contribution in [2.24, 2.45) is 0 Å². The highest BCUT2D eigenvalue weighted by Gasteiger charge is 2.33. The van der Waals surface area contributed by atoms with Crippen molar-refractivity contribution in [1.82, 2.24) is 9.97 Å². The monoisotopic (exact) mass is 488 g/mol. The molecule has 11 heteroatoms. The molecule has 0 radical (unpaired) electrons. The summed E-state index contributed by atoms with van der Waals surface area (Å²) in [6.07, 6.45) is -3.13. The summed E-state index contributed by atoms with van der Waals surface area (Å²) in [7, 11) is 1.49. The zero-order valence-electron chi connectivity index (χ0n) is 17.5. The third-order valence-electron chi connectivity index (χ3n) is 4.56. The zero-order valence-corrected chi connectivity index (χ0v) is 18.2. The molecule has 0 bridgehead atoms. The maximum Gasteiger partial charge on any atom is 0.417 e. The van der Waals surface area contributed by atoms with Crippen LogP contribution in [0.25, 0.3) is 11.0 Å². The number of urea groups is 1. The lowest BCUT2D eigenvalue weighted by Crippen LogP contribution is -2.20. The molecule has 0 aliphatic carbocycles. The average Bonchev–Trinajstić information content (AvgIpc) is 2.79. The van der Waals surface area contributed by atoms with E-state index in [1.165, 1.54) is 19.4 Å². The minimum absolute atomic E-state index is 0.0608. The van der Waals surface area contributed by atoms with Crippen molar-refractivity contribution in [3.8, 4) is 17.4 Å². The molecule has 2 amide bonds. The van der Waals surface area contributed by atoms with Crippen molar-refractivity contribution in [3.05, 3.63) is 77.4 Å². The van der Waals surface area contributed by atoms with Gasteiger partial charge < -0.3 is 20.1 Å². The van der Waals surface area contributed by atoms with Crippen molar-refractivity contribution < 1.29 is 27.4 Å². The van der Waals surface area contributed by atoms with Gasteiger partial charge in [0, 0.05) is 23.5 Å². The number of halogens is 4. The standard InChI is InChI=1S/C23H16ClF3N4O3/c1-33-21-12-28-19-8-6-16(11-20(19)31-21)34-15-4-2-3-13(9-15)29-22(32)30-14-5-7-18(24)17(10-14)23(25,26)27/h2-12H,1H3,(H2,29,30,32). The molecule has 7 nitrogen and oxygen atoms in total. The largest absolute Gasteiger partial charge is 0.480 e. The molecular weight excluding hydrogens is 473 g/mol. The Morgan fingerprint density at radius 3 is 2.41 bits per heavy atom. The Bertz CT molecular complexity index is 1370. The molecule has 0 aliphatic rings. The fourth-order valence-electron chi connectivity index (χ4n) is 3.02. The first kappa shape index (κ1) is 23.1. The Kier molecular flexibility index (Phi) is 6.42. The molecule has 1 aromatic heterocycles. The number of carbonyl (C=O) groups is 1. The Balaban J connectivity index is 1.46. The number of nitrogens with zero attached hydrogens (tertiary/aromatic N) is 2. The minimum Gasteiger partial charge on any atom is -0.480 e. The predicted octanol–water partition coefficient (Wildman–Crippen LogP) is 6.75. The highest BCUT2D eigenvalue weighted by molar-refractivity contribution is 6.31. The fourth-order valence-corrected chi connectivity index (χ4v) is 3.25. The van der Waals surface area contributed by atoms with Crippen LogP contribution in [0.4, 0.5) is 29.3 Å². The van der Waals surface area contributed by atoms with Gasteiger partial charge in [-0.2, -0.15) is 13.2 Å². The number of ether oxygens (including phenoxy) is 2. The lowest BCUT2D eigenvalue weighted by molar-refractivity contribution is -0.137. The van der Waals surface area contributed by atoms with Crippen LogP contribution in [0.1, 0.15) is 5.56 Å². The third kappa shape index (κ3) is 5.46. The summed E-state index contributed by atoms with van der Waals surface area (Å²) in [4.78, 5) is 20.8. The van der Waals surface area contributed by atoms with Gasteiger partial charge in [-0.05, 0) is 42.5 Å². The van der Waals surface area contributed by atoms with Gasteiger partial charge in [0.1, 0.15) is 11.5 Å². The van der Waals surface area contributed by atoms with E-state index in [0.717, 1.165) is 12.1 Å². The molecule has 0 aliphatic heterocycles. The van der Waals surface area contributed by atoms with E-state index >= 15 is 0 Å². The van der Waals surface area contributed by atoms with Gasteiger partial charge in [0.2, 0.25) is 5.88 Å². The number of amides is 2. The average molecular weight is 489 g/mol. The number of aromatic nitrogens is 2. The lowest BCUT2D eigenvalue weighted by Gasteiger charge is -2.13. The van der Waals surface area contributed by atoms with Gasteiger partial charge in [-0.25, -0.2) is 14.8 Å². The van der Waals surface area contributed by atoms with E-state index in [9.17, 15) is 18.0 Å². The number of rotatable bonds is 5. The van der Waals surface area contributed by atoms with Gasteiger partial charge in [0.15, 0.2) is 0 Å². The highest BCUT2D eigenvalue weighted by Crippen LogP contribution is 2.36. The molecule has 34 heavy (non-hydrogen) atoms. The van der Waals surface area contributed by atoms with Crippen molar-refractivity contribution in [2.75, 3.05) is 17.7 Å². The van der Waals surface area contributed by atoms with Crippen molar-refractivity contribution in [3.63, 3.8) is 0 Å². The van der Waals surface area contributed by atoms with Crippen molar-refractivity contribution >= 4 is 40.0 Å². The number of alkyl halides is 3. The van der Waals surface area contributed by atoms with Crippen LogP contribution in [0.5, 0.6) is 17.4 Å². The summed E-state index contributed by atoms with van der Waals surface area (Å²) in [5.74, 6) is 1.27. The van der Waals surface area contributed by atoms with Crippen LogP contribution in [0, 0.1) is 0 Å². The summed E-state index contributed by atoms with van der Waals surface area (Å²) in [5, 5.41) is 4.45. The number of nitrogens with one attached hydrogen (secondary N) is 2. The van der Waals surface area contributed by atoms with Gasteiger partial charge in [-0.1, -0.05) is 17.7 Å². The van der Waals surface area contributed by atoms with Gasteiger partial charge in [-0.15, -0.1) is 0 Å². The number of benzene rings is 3. The van der Waals surface area contributed by atoms with E-state index in [2.05, 4.69) is 20.6 Å². The topological polar surface area (TPSA) is 85.4 Å². The Hall–Kier alpha value is -4.05. The maximum absolute atomic E-state index is 13.0. The summed E-state index contributed by atoms with van der Waals surface area (Å²) in [6, 6.07) is 14.0. The van der Waals surface area contributed by atoms with E-state index in [1.807, 2.05) is 0 Å². The van der Waals surface area contributed by atoms with Gasteiger partial charge >= 0.3 is 12.2 Å². The predicted molar refractivity (Wildman–Crippen MR) is 122 cm³/mol. The van der Waals surface area contributed by atoms with E-state index in [-0.39, 0.29) is 5.69 Å². The van der Waals surface area contributed by atoms with E-state index in [0.29, 0.717) is 34.1 Å². The Morgan fingerprint density at radius 1 is 0.941 bits per heavy atom. The first-order valence-electron chi connectivity index (χ1n) is 9.75. The first-order chi connectivity index (χ1) is 16.2. The molecule has 4 aromatic rings. The maximum atomic E-state index is 13.0.